The number of hydrogen-bond donors (Lipinski definition) is 2. The van der Waals surface area contributed by atoms with Gasteiger partial charge in [0.25, 0.3) is 11.8 Å². The monoisotopic (exact) mass is 781 g/mol. The molecule has 58 heavy (non-hydrogen) atoms. The summed E-state index contributed by atoms with van der Waals surface area (Å²) in [7, 11) is 0. The van der Waals surface area contributed by atoms with Crippen molar-refractivity contribution in [3.63, 3.8) is 0 Å². The van der Waals surface area contributed by atoms with Crippen LogP contribution in [0.1, 0.15) is 95.1 Å². The highest BCUT2D eigenvalue weighted by Crippen LogP contribution is 2.46. The van der Waals surface area contributed by atoms with Crippen LogP contribution in [0.4, 0.5) is 11.4 Å². The SMILES string of the molecule is [C-]#[N+]c1ccc2c3c([nH]c2c1)C(C)(C)c1cc(N2CCC(N4CCN(C(=O)COc5cccc6c5CN(C5CCC(=O)NC5=O)C6=O)CC4)CC2)c(CC)cc1C3=O. The Hall–Kier alpha value is -6.00. The number of aryl methyl sites for hydroxylation is 1. The molecule has 0 radical (unpaired) electrons. The lowest BCUT2D eigenvalue weighted by molar-refractivity contribution is -0.137. The van der Waals surface area contributed by atoms with Gasteiger partial charge in [-0.15, -0.1) is 0 Å². The summed E-state index contributed by atoms with van der Waals surface area (Å²) in [5, 5.41) is 3.19. The van der Waals surface area contributed by atoms with Crippen molar-refractivity contribution < 1.29 is 28.7 Å². The summed E-state index contributed by atoms with van der Waals surface area (Å²) < 4.78 is 6.03. The van der Waals surface area contributed by atoms with Crippen LogP contribution in [0, 0.1) is 6.57 Å². The van der Waals surface area contributed by atoms with Crippen molar-refractivity contribution >= 4 is 51.7 Å². The number of aromatic amines is 1. The summed E-state index contributed by atoms with van der Waals surface area (Å²) in [5.41, 5.74) is 7.81. The standard InChI is InChI=1S/C45H47N7O6/c1-5-26-21-31-33(45(2,3)42-40(41(31)55)30-10-9-27(46-4)22-34(30)47-42)23-36(26)50-15-13-28(14-16-50)49-17-19-51(20-18-49)39(54)25-58-37-8-6-7-29-32(37)24-52(44(29)57)35-11-12-38(53)48-43(35)56/h6-10,21-23,28,35,47H,5,11-20,24-25H2,1-3H3,(H,48,53,56). The molecule has 4 amide bonds. The van der Waals surface area contributed by atoms with E-state index in [0.29, 0.717) is 47.3 Å². The molecule has 0 saturated carbocycles. The highest BCUT2D eigenvalue weighted by molar-refractivity contribution is 6.20. The molecule has 0 bridgehead atoms. The number of ketones is 1. The van der Waals surface area contributed by atoms with Crippen LogP contribution in [0.15, 0.2) is 48.5 Å². The minimum Gasteiger partial charge on any atom is -0.483 e. The normalized spacial score (nSPS) is 20.8. The number of carbonyl (C=O) groups is 5. The van der Waals surface area contributed by atoms with Gasteiger partial charge >= 0.3 is 0 Å². The molecule has 1 atom stereocenters. The molecule has 9 rings (SSSR count). The Morgan fingerprint density at radius 3 is 2.45 bits per heavy atom. The van der Waals surface area contributed by atoms with Gasteiger partial charge in [-0.1, -0.05) is 39.0 Å². The number of fused-ring (bicyclic) bond motifs is 5. The van der Waals surface area contributed by atoms with Gasteiger partial charge in [0.05, 0.1) is 18.7 Å². The van der Waals surface area contributed by atoms with Gasteiger partial charge in [0, 0.05) is 96.1 Å². The Morgan fingerprint density at radius 1 is 0.948 bits per heavy atom. The fourth-order valence-electron chi connectivity index (χ4n) is 9.88. The first-order valence-electron chi connectivity index (χ1n) is 20.4. The Kier molecular flexibility index (Phi) is 9.35. The van der Waals surface area contributed by atoms with Crippen LogP contribution < -0.4 is 15.0 Å². The average molecular weight is 782 g/mol. The van der Waals surface area contributed by atoms with Crippen LogP contribution in [0.2, 0.25) is 0 Å². The third kappa shape index (κ3) is 6.21. The molecule has 13 heteroatoms. The highest BCUT2D eigenvalue weighted by Gasteiger charge is 2.42. The smallest absolute Gasteiger partial charge is 0.260 e. The molecule has 5 aliphatic rings. The number of piperidine rings is 2. The molecule has 2 N–H and O–H groups in total. The molecule has 3 saturated heterocycles. The summed E-state index contributed by atoms with van der Waals surface area (Å²) in [6, 6.07) is 14.8. The van der Waals surface area contributed by atoms with E-state index in [2.05, 4.69) is 57.8 Å². The quantitative estimate of drug-likeness (QED) is 0.195. The second kappa shape index (κ2) is 14.4. The van der Waals surface area contributed by atoms with Gasteiger partial charge in [-0.3, -0.25) is 34.2 Å². The number of imide groups is 1. The van der Waals surface area contributed by atoms with E-state index in [9.17, 15) is 24.0 Å². The second-order valence-electron chi connectivity index (χ2n) is 16.7. The number of nitrogens with one attached hydrogen (secondary N) is 2. The summed E-state index contributed by atoms with van der Waals surface area (Å²) in [5.74, 6) is -0.688. The number of H-pyrrole nitrogens is 1. The number of rotatable bonds is 7. The van der Waals surface area contributed by atoms with E-state index in [0.717, 1.165) is 73.2 Å². The van der Waals surface area contributed by atoms with Crippen LogP contribution in [0.25, 0.3) is 15.7 Å². The van der Waals surface area contributed by atoms with E-state index >= 15 is 0 Å². The maximum atomic E-state index is 14.1. The van der Waals surface area contributed by atoms with Crippen LogP contribution in [0.3, 0.4) is 0 Å². The molecule has 4 aliphatic heterocycles. The van der Waals surface area contributed by atoms with Crippen molar-refractivity contribution in [2.45, 2.75) is 76.9 Å². The molecule has 1 aliphatic carbocycles. The molecular weight excluding hydrogens is 735 g/mol. The molecule has 1 unspecified atom stereocenters. The lowest BCUT2D eigenvalue weighted by Gasteiger charge is -2.44. The Bertz CT molecular complexity index is 2450. The first-order chi connectivity index (χ1) is 28.0. The fraction of sp³-hybridized carbons (Fsp3) is 0.422. The zero-order valence-electron chi connectivity index (χ0n) is 33.2. The molecule has 13 nitrogen and oxygen atoms in total. The molecular formula is C45H47N7O6. The van der Waals surface area contributed by atoms with Crippen molar-refractivity contribution in [1.29, 1.82) is 0 Å². The van der Waals surface area contributed by atoms with Gasteiger partial charge in [0.2, 0.25) is 11.8 Å². The first kappa shape index (κ1) is 37.6. The van der Waals surface area contributed by atoms with Crippen molar-refractivity contribution in [1.82, 2.24) is 25.0 Å². The van der Waals surface area contributed by atoms with Gasteiger partial charge in [-0.05, 0) is 67.1 Å². The van der Waals surface area contributed by atoms with Gasteiger partial charge in [-0.2, -0.15) is 0 Å². The lowest BCUT2D eigenvalue weighted by Crippen LogP contribution is -2.55. The van der Waals surface area contributed by atoms with Crippen LogP contribution in [-0.2, 0) is 32.8 Å². The zero-order chi connectivity index (χ0) is 40.5. The number of benzene rings is 3. The van der Waals surface area contributed by atoms with Crippen LogP contribution in [-0.4, -0.2) is 107 Å². The van der Waals surface area contributed by atoms with E-state index in [1.165, 1.54) is 16.2 Å². The molecule has 1 aromatic heterocycles. The zero-order valence-corrected chi connectivity index (χ0v) is 33.2. The van der Waals surface area contributed by atoms with Gasteiger partial charge < -0.3 is 24.4 Å². The molecule has 0 spiro atoms. The minimum absolute atomic E-state index is 0.0358. The number of nitrogens with zero attached hydrogens (tertiary/aromatic N) is 5. The van der Waals surface area contributed by atoms with E-state index in [1.54, 1.807) is 24.3 Å². The van der Waals surface area contributed by atoms with Gasteiger partial charge in [0.15, 0.2) is 18.1 Å². The molecule has 298 valence electrons. The molecule has 4 aromatic rings. The predicted molar refractivity (Wildman–Crippen MR) is 217 cm³/mol. The number of amides is 4. The summed E-state index contributed by atoms with van der Waals surface area (Å²) in [6.45, 7) is 18.6. The third-order valence-corrected chi connectivity index (χ3v) is 13.2. The third-order valence-electron chi connectivity index (χ3n) is 13.2. The van der Waals surface area contributed by atoms with Crippen LogP contribution >= 0.6 is 0 Å². The number of hydrogen-bond acceptors (Lipinski definition) is 8. The van der Waals surface area contributed by atoms with Crippen LogP contribution in [0.5, 0.6) is 5.75 Å². The van der Waals surface area contributed by atoms with E-state index in [-0.39, 0.29) is 49.5 Å². The van der Waals surface area contributed by atoms with Gasteiger partial charge in [0.1, 0.15) is 11.8 Å². The highest BCUT2D eigenvalue weighted by atomic mass is 16.5. The number of piperazine rings is 1. The first-order valence-corrected chi connectivity index (χ1v) is 20.4. The van der Waals surface area contributed by atoms with E-state index in [4.69, 9.17) is 11.3 Å². The largest absolute Gasteiger partial charge is 0.483 e. The fourth-order valence-corrected chi connectivity index (χ4v) is 9.88. The maximum Gasteiger partial charge on any atom is 0.260 e. The van der Waals surface area contributed by atoms with Crippen molar-refractivity contribution in [3.8, 4) is 5.75 Å². The maximum absolute atomic E-state index is 14.1. The van der Waals surface area contributed by atoms with E-state index in [1.807, 2.05) is 17.0 Å². The Labute approximate surface area is 337 Å². The lowest BCUT2D eigenvalue weighted by atomic mass is 9.70. The molecule has 5 heterocycles. The Balaban J connectivity index is 0.810. The van der Waals surface area contributed by atoms with Crippen molar-refractivity contribution in [2.24, 2.45) is 0 Å². The number of anilines is 1. The summed E-state index contributed by atoms with van der Waals surface area (Å²) in [6.07, 6.45) is 3.28. The average Bonchev–Trinajstić information content (AvgIpc) is 3.80. The molecule has 3 fully saturated rings. The van der Waals surface area contributed by atoms with Gasteiger partial charge in [-0.25, -0.2) is 4.85 Å². The predicted octanol–water partition coefficient (Wildman–Crippen LogP) is 5.10. The Morgan fingerprint density at radius 2 is 1.72 bits per heavy atom. The number of aromatic nitrogens is 1. The molecule has 3 aromatic carbocycles. The van der Waals surface area contributed by atoms with Crippen molar-refractivity contribution in [3.05, 3.63) is 99.0 Å². The topological polar surface area (TPSA) is 140 Å². The second-order valence-corrected chi connectivity index (χ2v) is 16.7. The van der Waals surface area contributed by atoms with E-state index < -0.39 is 17.4 Å². The summed E-state index contributed by atoms with van der Waals surface area (Å²) in [4.78, 5) is 80.3. The number of ether oxygens (including phenoxy) is 1. The minimum atomic E-state index is -0.717. The van der Waals surface area contributed by atoms with Crippen molar-refractivity contribution in [2.75, 3.05) is 50.8 Å². The number of carbonyl (C=O) groups excluding carboxylic acids is 5. The summed E-state index contributed by atoms with van der Waals surface area (Å²) >= 11 is 0.